The maximum atomic E-state index is 12.6. The fourth-order valence-corrected chi connectivity index (χ4v) is 5.93. The van der Waals surface area contributed by atoms with Gasteiger partial charge in [-0.2, -0.15) is 0 Å². The smallest absolute Gasteiger partial charge is 0.223 e. The normalized spacial score (nSPS) is 34.8. The van der Waals surface area contributed by atoms with Crippen LogP contribution in [0.4, 0.5) is 0 Å². The van der Waals surface area contributed by atoms with Crippen molar-refractivity contribution in [3.63, 3.8) is 0 Å². The number of amides is 1. The number of nitrogens with one attached hydrogen (secondary N) is 1. The third-order valence-corrected chi connectivity index (χ3v) is 8.11. The first-order chi connectivity index (χ1) is 13.5. The van der Waals surface area contributed by atoms with Crippen molar-refractivity contribution in [3.8, 4) is 5.75 Å². The van der Waals surface area contributed by atoms with Crippen molar-refractivity contribution in [3.05, 3.63) is 29.3 Å². The van der Waals surface area contributed by atoms with Gasteiger partial charge in [0.25, 0.3) is 0 Å². The standard InChI is InChI=1S/C24H35NO3/c1-17-15-19(5-8-21(17)28-2)24-12-9-23(10-13-24,11-14-24)16-25-22(27)18-3-6-20(26)7-4-18/h5,8,15,18,20,26H,3-4,6-7,9-14,16H2,1-2H3,(H,25,27). The number of aryl methyl sites for hydroxylation is 1. The lowest BCUT2D eigenvalue weighted by Crippen LogP contribution is -2.50. The minimum atomic E-state index is -0.200. The molecule has 4 saturated carbocycles. The summed E-state index contributed by atoms with van der Waals surface area (Å²) >= 11 is 0. The molecule has 4 aliphatic carbocycles. The summed E-state index contributed by atoms with van der Waals surface area (Å²) in [5, 5.41) is 12.9. The molecule has 5 rings (SSSR count). The maximum Gasteiger partial charge on any atom is 0.223 e. The lowest BCUT2D eigenvalue weighted by molar-refractivity contribution is -0.127. The molecule has 1 aromatic carbocycles. The van der Waals surface area contributed by atoms with E-state index in [0.29, 0.717) is 10.8 Å². The Labute approximate surface area is 169 Å². The van der Waals surface area contributed by atoms with Crippen LogP contribution in [-0.2, 0) is 10.2 Å². The number of benzene rings is 1. The molecule has 154 valence electrons. The summed E-state index contributed by atoms with van der Waals surface area (Å²) in [7, 11) is 1.74. The number of aliphatic hydroxyl groups excluding tert-OH is 1. The molecule has 0 spiro atoms. The van der Waals surface area contributed by atoms with E-state index in [2.05, 4.69) is 30.4 Å². The summed E-state index contributed by atoms with van der Waals surface area (Å²) < 4.78 is 5.44. The van der Waals surface area contributed by atoms with E-state index in [1.165, 1.54) is 49.7 Å². The minimum Gasteiger partial charge on any atom is -0.496 e. The summed E-state index contributed by atoms with van der Waals surface area (Å²) in [5.41, 5.74) is 3.32. The highest BCUT2D eigenvalue weighted by Gasteiger charge is 2.49. The zero-order chi connectivity index (χ0) is 19.8. The van der Waals surface area contributed by atoms with Crippen LogP contribution in [0.2, 0.25) is 0 Å². The second kappa shape index (κ2) is 7.70. The van der Waals surface area contributed by atoms with Crippen molar-refractivity contribution in [2.24, 2.45) is 11.3 Å². The molecule has 4 aliphatic rings. The first kappa shape index (κ1) is 19.8. The number of methoxy groups -OCH3 is 1. The van der Waals surface area contributed by atoms with Crippen molar-refractivity contribution >= 4 is 5.91 Å². The topological polar surface area (TPSA) is 58.6 Å². The number of carbonyl (C=O) groups excluding carboxylic acids is 1. The lowest BCUT2D eigenvalue weighted by Gasteiger charge is -2.54. The van der Waals surface area contributed by atoms with Crippen LogP contribution in [0.5, 0.6) is 5.75 Å². The second-order valence-electron chi connectivity index (χ2n) is 9.69. The second-order valence-corrected chi connectivity index (χ2v) is 9.69. The number of fused-ring (bicyclic) bond motifs is 3. The molecular weight excluding hydrogens is 350 g/mol. The van der Waals surface area contributed by atoms with Crippen molar-refractivity contribution in [1.29, 1.82) is 0 Å². The SMILES string of the molecule is COc1ccc(C23CCC(CNC(=O)C4CCC(O)CC4)(CC2)CC3)cc1C. The average molecular weight is 386 g/mol. The lowest BCUT2D eigenvalue weighted by atomic mass is 9.52. The van der Waals surface area contributed by atoms with Crippen molar-refractivity contribution in [2.45, 2.75) is 82.7 Å². The van der Waals surface area contributed by atoms with E-state index in [-0.39, 0.29) is 17.9 Å². The third-order valence-electron chi connectivity index (χ3n) is 8.11. The van der Waals surface area contributed by atoms with Crippen LogP contribution < -0.4 is 10.1 Å². The Morgan fingerprint density at radius 3 is 2.32 bits per heavy atom. The quantitative estimate of drug-likeness (QED) is 0.796. The molecule has 4 heteroatoms. The van der Waals surface area contributed by atoms with E-state index in [4.69, 9.17) is 4.74 Å². The Balaban J connectivity index is 1.35. The molecule has 1 aromatic rings. The number of ether oxygens (including phenoxy) is 1. The van der Waals surface area contributed by atoms with Gasteiger partial charge in [-0.1, -0.05) is 12.1 Å². The fourth-order valence-electron chi connectivity index (χ4n) is 5.93. The van der Waals surface area contributed by atoms with Crippen LogP contribution in [0.25, 0.3) is 0 Å². The number of aliphatic hydroxyl groups is 1. The zero-order valence-corrected chi connectivity index (χ0v) is 17.4. The largest absolute Gasteiger partial charge is 0.496 e. The van der Waals surface area contributed by atoms with E-state index < -0.39 is 0 Å². The minimum absolute atomic E-state index is 0.105. The van der Waals surface area contributed by atoms with Crippen LogP contribution in [0.1, 0.15) is 75.3 Å². The van der Waals surface area contributed by atoms with Gasteiger partial charge in [-0.3, -0.25) is 4.79 Å². The van der Waals surface area contributed by atoms with E-state index >= 15 is 0 Å². The Bertz CT molecular complexity index is 696. The van der Waals surface area contributed by atoms with Gasteiger partial charge in [-0.25, -0.2) is 0 Å². The predicted molar refractivity (Wildman–Crippen MR) is 111 cm³/mol. The predicted octanol–water partition coefficient (Wildman–Crippen LogP) is 4.26. The van der Waals surface area contributed by atoms with Gasteiger partial charge in [0.2, 0.25) is 5.91 Å². The Morgan fingerprint density at radius 2 is 1.75 bits per heavy atom. The van der Waals surface area contributed by atoms with Gasteiger partial charge >= 0.3 is 0 Å². The first-order valence-electron chi connectivity index (χ1n) is 11.1. The molecule has 0 atom stereocenters. The third kappa shape index (κ3) is 3.68. The average Bonchev–Trinajstić information content (AvgIpc) is 2.74. The fraction of sp³-hybridized carbons (Fsp3) is 0.708. The van der Waals surface area contributed by atoms with Crippen LogP contribution in [-0.4, -0.2) is 30.8 Å². The van der Waals surface area contributed by atoms with Crippen LogP contribution in [0, 0.1) is 18.3 Å². The zero-order valence-electron chi connectivity index (χ0n) is 17.4. The molecule has 28 heavy (non-hydrogen) atoms. The van der Waals surface area contributed by atoms with Crippen LogP contribution in [0.3, 0.4) is 0 Å². The molecule has 0 aliphatic heterocycles. The number of carbonyl (C=O) groups is 1. The van der Waals surface area contributed by atoms with Crippen molar-refractivity contribution in [1.82, 2.24) is 5.32 Å². The monoisotopic (exact) mass is 385 g/mol. The highest BCUT2D eigenvalue weighted by molar-refractivity contribution is 5.78. The van der Waals surface area contributed by atoms with Crippen LogP contribution >= 0.6 is 0 Å². The van der Waals surface area contributed by atoms with E-state index in [1.54, 1.807) is 7.11 Å². The van der Waals surface area contributed by atoms with E-state index in [9.17, 15) is 9.90 Å². The Kier molecular flexibility index (Phi) is 5.43. The van der Waals surface area contributed by atoms with Crippen molar-refractivity contribution in [2.75, 3.05) is 13.7 Å². The van der Waals surface area contributed by atoms with Crippen molar-refractivity contribution < 1.29 is 14.6 Å². The highest BCUT2D eigenvalue weighted by Crippen LogP contribution is 2.57. The molecule has 4 nitrogen and oxygen atoms in total. The molecule has 0 aromatic heterocycles. The maximum absolute atomic E-state index is 12.6. The van der Waals surface area contributed by atoms with Gasteiger partial charge in [0, 0.05) is 12.5 Å². The molecule has 2 N–H and O–H groups in total. The summed E-state index contributed by atoms with van der Waals surface area (Å²) in [4.78, 5) is 12.6. The first-order valence-corrected chi connectivity index (χ1v) is 11.1. The summed E-state index contributed by atoms with van der Waals surface area (Å²) in [6.45, 7) is 2.97. The molecule has 0 unspecified atom stereocenters. The molecule has 0 radical (unpaired) electrons. The van der Waals surface area contributed by atoms with Gasteiger partial charge in [-0.15, -0.1) is 0 Å². The number of hydrogen-bond acceptors (Lipinski definition) is 3. The van der Waals surface area contributed by atoms with Crippen LogP contribution in [0.15, 0.2) is 18.2 Å². The Hall–Kier alpha value is -1.55. The molecule has 4 fully saturated rings. The van der Waals surface area contributed by atoms with Gasteiger partial charge in [0.05, 0.1) is 13.2 Å². The number of rotatable bonds is 5. The van der Waals surface area contributed by atoms with Gasteiger partial charge in [0.15, 0.2) is 0 Å². The van der Waals surface area contributed by atoms with Gasteiger partial charge < -0.3 is 15.2 Å². The molecule has 2 bridgehead atoms. The van der Waals surface area contributed by atoms with Gasteiger partial charge in [-0.05, 0) is 99.2 Å². The Morgan fingerprint density at radius 1 is 1.11 bits per heavy atom. The van der Waals surface area contributed by atoms with Gasteiger partial charge in [0.1, 0.15) is 5.75 Å². The molecule has 0 saturated heterocycles. The van der Waals surface area contributed by atoms with E-state index in [1.807, 2.05) is 0 Å². The molecule has 0 heterocycles. The molecule has 1 amide bonds. The van der Waals surface area contributed by atoms with E-state index in [0.717, 1.165) is 38.0 Å². The summed E-state index contributed by atoms with van der Waals surface area (Å²) in [6.07, 6.45) is 10.3. The number of hydrogen-bond donors (Lipinski definition) is 2. The highest BCUT2D eigenvalue weighted by atomic mass is 16.5. The molecular formula is C24H35NO3. The summed E-state index contributed by atoms with van der Waals surface area (Å²) in [6, 6.07) is 6.72. The summed E-state index contributed by atoms with van der Waals surface area (Å²) in [5.74, 6) is 1.29.